The second-order valence-corrected chi connectivity index (χ2v) is 7.68. The van der Waals surface area contributed by atoms with Gasteiger partial charge in [0.2, 0.25) is 0 Å². The lowest BCUT2D eigenvalue weighted by molar-refractivity contribution is -0.153. The molecule has 0 atom stereocenters. The van der Waals surface area contributed by atoms with Gasteiger partial charge in [-0.3, -0.25) is 4.57 Å². The van der Waals surface area contributed by atoms with Gasteiger partial charge in [-0.2, -0.15) is 0 Å². The van der Waals surface area contributed by atoms with E-state index in [2.05, 4.69) is 6.58 Å². The molecule has 0 radical (unpaired) electrons. The average molecular weight is 294 g/mol. The third-order valence-electron chi connectivity index (χ3n) is 2.58. The maximum atomic E-state index is 11.4. The summed E-state index contributed by atoms with van der Waals surface area (Å²) < 4.78 is 21.5. The molecule has 0 bridgehead atoms. The van der Waals surface area contributed by atoms with Crippen molar-refractivity contribution in [2.45, 2.75) is 52.0 Å². The quantitative estimate of drug-likeness (QED) is 0.425. The highest BCUT2D eigenvalue weighted by molar-refractivity contribution is 7.53. The summed E-state index contributed by atoms with van der Waals surface area (Å²) in [7, 11) is -4.34. The fourth-order valence-corrected chi connectivity index (χ4v) is 1.28. The molecule has 0 rings (SSSR count). The number of hydrogen-bond acceptors (Lipinski definition) is 4. The number of esters is 1. The number of carbonyl (C=O) groups is 1. The van der Waals surface area contributed by atoms with Gasteiger partial charge < -0.3 is 19.3 Å². The minimum absolute atomic E-state index is 0.0641. The maximum Gasteiger partial charge on any atom is 0.356 e. The lowest BCUT2D eigenvalue weighted by Gasteiger charge is -2.29. The summed E-state index contributed by atoms with van der Waals surface area (Å²) in [4.78, 5) is 29.6. The van der Waals surface area contributed by atoms with Crippen molar-refractivity contribution in [2.75, 3.05) is 6.61 Å². The monoisotopic (exact) mass is 294 g/mol. The summed E-state index contributed by atoms with van der Waals surface area (Å²) in [5, 5.41) is -1.55. The number of rotatable bonds is 7. The molecule has 0 aromatic rings. The predicted octanol–water partition coefficient (Wildman–Crippen LogP) is 2.20. The highest BCUT2D eigenvalue weighted by Gasteiger charge is 2.39. The molecule has 0 aliphatic carbocycles. The van der Waals surface area contributed by atoms with Gasteiger partial charge in [-0.25, -0.2) is 4.79 Å². The summed E-state index contributed by atoms with van der Waals surface area (Å²) in [5.41, 5.74) is -0.495. The van der Waals surface area contributed by atoms with Gasteiger partial charge in [-0.1, -0.05) is 6.58 Å². The van der Waals surface area contributed by atoms with Crippen molar-refractivity contribution >= 4 is 13.6 Å². The van der Waals surface area contributed by atoms with Crippen LogP contribution in [0.5, 0.6) is 0 Å². The van der Waals surface area contributed by atoms with Gasteiger partial charge in [0.05, 0.1) is 6.61 Å². The van der Waals surface area contributed by atoms with Crippen LogP contribution >= 0.6 is 7.60 Å². The van der Waals surface area contributed by atoms with Crippen LogP contribution < -0.4 is 0 Å². The molecule has 6 nitrogen and oxygen atoms in total. The van der Waals surface area contributed by atoms with Crippen LogP contribution in [-0.4, -0.2) is 33.3 Å². The first-order chi connectivity index (χ1) is 8.28. The molecule has 0 saturated heterocycles. The van der Waals surface area contributed by atoms with Crippen molar-refractivity contribution in [2.24, 2.45) is 0 Å². The molecular formula is C12H23O6P. The first kappa shape index (κ1) is 18.3. The molecule has 0 aliphatic rings. The van der Waals surface area contributed by atoms with E-state index >= 15 is 0 Å². The molecule has 2 N–H and O–H groups in total. The smallest absolute Gasteiger partial charge is 0.356 e. The highest BCUT2D eigenvalue weighted by Crippen LogP contribution is 2.50. The van der Waals surface area contributed by atoms with Crippen molar-refractivity contribution in [3.8, 4) is 0 Å². The van der Waals surface area contributed by atoms with E-state index in [-0.39, 0.29) is 6.61 Å². The molecule has 19 heavy (non-hydrogen) atoms. The second kappa shape index (κ2) is 6.18. The third-order valence-corrected chi connectivity index (χ3v) is 4.11. The molecule has 7 heteroatoms. The second-order valence-electron chi connectivity index (χ2n) is 5.52. The minimum atomic E-state index is -4.34. The Morgan fingerprint density at radius 2 is 1.74 bits per heavy atom. The van der Waals surface area contributed by atoms with Crippen LogP contribution in [0.25, 0.3) is 0 Å². The molecule has 0 unspecified atom stereocenters. The fourth-order valence-electron chi connectivity index (χ4n) is 1.02. The standard InChI is InChI=1S/C12H23O6P/c1-9(2)10(13)18-11(3,4)7-8-17-12(5,6)19(14,15)16/h1,7-8H2,2-6H3,(H2,14,15,16). The molecule has 0 saturated carbocycles. The Hall–Kier alpha value is -0.680. The van der Waals surface area contributed by atoms with Crippen LogP contribution in [-0.2, 0) is 18.8 Å². The van der Waals surface area contributed by atoms with Gasteiger partial charge in [0.25, 0.3) is 0 Å². The van der Waals surface area contributed by atoms with Gasteiger partial charge in [-0.15, -0.1) is 0 Å². The van der Waals surface area contributed by atoms with Crippen LogP contribution in [0.15, 0.2) is 12.2 Å². The van der Waals surface area contributed by atoms with E-state index in [1.807, 2.05) is 0 Å². The summed E-state index contributed by atoms with van der Waals surface area (Å²) in [6.45, 7) is 11.1. The first-order valence-corrected chi connectivity index (χ1v) is 7.48. The molecular weight excluding hydrogens is 271 g/mol. The van der Waals surface area contributed by atoms with E-state index in [0.29, 0.717) is 12.0 Å². The number of carbonyl (C=O) groups excluding carboxylic acids is 1. The van der Waals surface area contributed by atoms with E-state index in [4.69, 9.17) is 19.3 Å². The molecule has 0 fully saturated rings. The summed E-state index contributed by atoms with van der Waals surface area (Å²) in [6.07, 6.45) is 0.315. The zero-order chi connectivity index (χ0) is 15.5. The highest BCUT2D eigenvalue weighted by atomic mass is 31.2. The topological polar surface area (TPSA) is 93.1 Å². The van der Waals surface area contributed by atoms with Crippen LogP contribution in [0.2, 0.25) is 0 Å². The lowest BCUT2D eigenvalue weighted by atomic mass is 10.1. The fraction of sp³-hybridized carbons (Fsp3) is 0.750. The Labute approximate surface area is 114 Å². The summed E-state index contributed by atoms with van der Waals surface area (Å²) >= 11 is 0. The van der Waals surface area contributed by atoms with Crippen LogP contribution in [0.4, 0.5) is 0 Å². The third kappa shape index (κ3) is 6.34. The summed E-state index contributed by atoms with van der Waals surface area (Å²) in [5.74, 6) is -0.501. The normalized spacial score (nSPS) is 13.2. The van der Waals surface area contributed by atoms with E-state index in [1.54, 1.807) is 20.8 Å². The Morgan fingerprint density at radius 3 is 2.11 bits per heavy atom. The largest absolute Gasteiger partial charge is 0.456 e. The van der Waals surface area contributed by atoms with Gasteiger partial charge in [-0.05, 0) is 34.6 Å². The van der Waals surface area contributed by atoms with Crippen molar-refractivity contribution in [3.05, 3.63) is 12.2 Å². The van der Waals surface area contributed by atoms with E-state index in [1.165, 1.54) is 13.8 Å². The van der Waals surface area contributed by atoms with Crippen molar-refractivity contribution in [3.63, 3.8) is 0 Å². The van der Waals surface area contributed by atoms with E-state index < -0.39 is 24.5 Å². The Morgan fingerprint density at radius 1 is 1.26 bits per heavy atom. The number of hydrogen-bond donors (Lipinski definition) is 2. The Bertz CT molecular complexity index is 393. The molecule has 112 valence electrons. The zero-order valence-electron chi connectivity index (χ0n) is 12.1. The average Bonchev–Trinajstić information content (AvgIpc) is 2.13. The molecule has 0 aliphatic heterocycles. The van der Waals surface area contributed by atoms with Gasteiger partial charge >= 0.3 is 13.6 Å². The van der Waals surface area contributed by atoms with Crippen LogP contribution in [0.3, 0.4) is 0 Å². The van der Waals surface area contributed by atoms with Gasteiger partial charge in [0.1, 0.15) is 5.60 Å². The molecule has 0 heterocycles. The van der Waals surface area contributed by atoms with Crippen LogP contribution in [0.1, 0.15) is 41.0 Å². The maximum absolute atomic E-state index is 11.4. The molecule has 0 amide bonds. The minimum Gasteiger partial charge on any atom is -0.456 e. The lowest BCUT2D eigenvalue weighted by Crippen LogP contribution is -2.32. The summed E-state index contributed by atoms with van der Waals surface area (Å²) in [6, 6.07) is 0. The van der Waals surface area contributed by atoms with Gasteiger partial charge in [0.15, 0.2) is 5.34 Å². The predicted molar refractivity (Wildman–Crippen MR) is 71.7 cm³/mol. The molecule has 0 aromatic heterocycles. The molecule has 0 aromatic carbocycles. The van der Waals surface area contributed by atoms with Crippen molar-refractivity contribution in [1.29, 1.82) is 0 Å². The van der Waals surface area contributed by atoms with Crippen molar-refractivity contribution < 1.29 is 28.6 Å². The van der Waals surface area contributed by atoms with E-state index in [9.17, 15) is 9.36 Å². The Balaban J connectivity index is 4.38. The van der Waals surface area contributed by atoms with E-state index in [0.717, 1.165) is 0 Å². The van der Waals surface area contributed by atoms with Crippen LogP contribution in [0, 0.1) is 0 Å². The zero-order valence-corrected chi connectivity index (χ0v) is 13.0. The van der Waals surface area contributed by atoms with Crippen molar-refractivity contribution in [1.82, 2.24) is 0 Å². The first-order valence-electron chi connectivity index (χ1n) is 5.87. The Kier molecular flexibility index (Phi) is 5.96. The number of ether oxygens (including phenoxy) is 2. The molecule has 0 spiro atoms. The van der Waals surface area contributed by atoms with Gasteiger partial charge in [0, 0.05) is 12.0 Å². The SMILES string of the molecule is C=C(C)C(=O)OC(C)(C)CCOC(C)(C)P(=O)(O)O.